The molecule has 0 saturated carbocycles. The number of rotatable bonds is 6. The molecule has 2 aromatic rings. The summed E-state index contributed by atoms with van der Waals surface area (Å²) < 4.78 is 15.1. The molecular formula is C26H34N4O6. The summed E-state index contributed by atoms with van der Waals surface area (Å²) in [6.45, 7) is 6.35. The molecule has 2 aliphatic rings. The largest absolute Gasteiger partial charge is 0.478 e. The molecule has 0 radical (unpaired) electrons. The molecule has 0 aliphatic carbocycles. The van der Waals surface area contributed by atoms with Crippen LogP contribution < -0.4 is 9.80 Å². The summed E-state index contributed by atoms with van der Waals surface area (Å²) in [5.74, 6) is 0.517. The maximum atomic E-state index is 10.9. The molecule has 0 amide bonds. The monoisotopic (exact) mass is 498 g/mol. The Morgan fingerprint density at radius 2 is 1.28 bits per heavy atom. The number of morpholine rings is 2. The number of carboxylic acids is 1. The summed E-state index contributed by atoms with van der Waals surface area (Å²) in [5, 5.41) is 8.50. The molecule has 10 heteroatoms. The van der Waals surface area contributed by atoms with Gasteiger partial charge in [-0.2, -0.15) is 0 Å². The van der Waals surface area contributed by atoms with E-state index in [0.29, 0.717) is 0 Å². The van der Waals surface area contributed by atoms with E-state index < -0.39 is 5.97 Å². The van der Waals surface area contributed by atoms with Gasteiger partial charge in [-0.05, 0) is 47.5 Å². The number of esters is 1. The summed E-state index contributed by atoms with van der Waals surface area (Å²) in [7, 11) is 1.35. The Labute approximate surface area is 211 Å². The number of nitrogens with zero attached hydrogens (tertiary/aromatic N) is 4. The molecule has 0 atom stereocenters. The third-order valence-electron chi connectivity index (χ3n) is 5.24. The lowest BCUT2D eigenvalue weighted by Gasteiger charge is -2.27. The lowest BCUT2D eigenvalue weighted by Crippen LogP contribution is -2.36. The molecule has 0 bridgehead atoms. The van der Waals surface area contributed by atoms with Gasteiger partial charge < -0.3 is 29.1 Å². The Bertz CT molecular complexity index is 996. The van der Waals surface area contributed by atoms with E-state index >= 15 is 0 Å². The van der Waals surface area contributed by atoms with Gasteiger partial charge in [0.2, 0.25) is 0 Å². The average Bonchev–Trinajstić information content (AvgIpc) is 2.92. The number of hydrogen-bond acceptors (Lipinski definition) is 9. The minimum atomic E-state index is -0.956. The predicted octanol–water partition coefficient (Wildman–Crippen LogP) is 2.76. The third-order valence-corrected chi connectivity index (χ3v) is 5.24. The van der Waals surface area contributed by atoms with Gasteiger partial charge in [0.05, 0.1) is 33.5 Å². The van der Waals surface area contributed by atoms with Gasteiger partial charge in [-0.3, -0.25) is 0 Å². The molecule has 4 heterocycles. The van der Waals surface area contributed by atoms with Crippen LogP contribution >= 0.6 is 0 Å². The van der Waals surface area contributed by atoms with Crippen LogP contribution in [0.4, 0.5) is 11.6 Å². The van der Waals surface area contributed by atoms with Gasteiger partial charge in [-0.1, -0.05) is 7.43 Å². The fourth-order valence-electron chi connectivity index (χ4n) is 3.35. The molecule has 2 fully saturated rings. The van der Waals surface area contributed by atoms with Gasteiger partial charge in [0.25, 0.3) is 0 Å². The standard InChI is InChI=1S/C13H16N2O3.C12H14N2O3.CH4/c1-17-13(16)5-3-11-2-4-12(14-10-11)15-6-8-18-9-7-15;15-12(16)4-2-10-1-3-11(13-9-10)14-5-7-17-8-6-14;/h2-5,10H,6-9H2,1H3;1-4,9H,5-8H2,(H,15,16);1H4/b5-3+;4-2+;. The second-order valence-corrected chi connectivity index (χ2v) is 7.63. The van der Waals surface area contributed by atoms with Crippen molar-refractivity contribution >= 4 is 35.7 Å². The van der Waals surface area contributed by atoms with Crippen molar-refractivity contribution in [1.82, 2.24) is 9.97 Å². The van der Waals surface area contributed by atoms with Crippen LogP contribution in [0.3, 0.4) is 0 Å². The van der Waals surface area contributed by atoms with Gasteiger partial charge in [-0.25, -0.2) is 19.6 Å². The quantitative estimate of drug-likeness (QED) is 0.471. The summed E-state index contributed by atoms with van der Waals surface area (Å²) in [6.07, 6.45) is 9.10. The van der Waals surface area contributed by atoms with Gasteiger partial charge in [0.15, 0.2) is 0 Å². The first kappa shape index (κ1) is 28.5. The molecular weight excluding hydrogens is 464 g/mol. The molecule has 0 aromatic carbocycles. The summed E-state index contributed by atoms with van der Waals surface area (Å²) in [6, 6.07) is 7.63. The van der Waals surface area contributed by atoms with Crippen LogP contribution in [0, 0.1) is 0 Å². The van der Waals surface area contributed by atoms with Crippen molar-refractivity contribution in [3.8, 4) is 0 Å². The van der Waals surface area contributed by atoms with Crippen molar-refractivity contribution in [2.75, 3.05) is 69.5 Å². The number of carbonyl (C=O) groups excluding carboxylic acids is 1. The van der Waals surface area contributed by atoms with Gasteiger partial charge in [0.1, 0.15) is 11.6 Å². The number of hydrogen-bond donors (Lipinski definition) is 1. The van der Waals surface area contributed by atoms with Crippen LogP contribution in [0.2, 0.25) is 0 Å². The minimum absolute atomic E-state index is 0. The first-order valence-corrected chi connectivity index (χ1v) is 11.3. The number of methoxy groups -OCH3 is 1. The Balaban J connectivity index is 0.000000247. The number of aliphatic carboxylic acids is 1. The van der Waals surface area contributed by atoms with Crippen molar-refractivity contribution in [2.24, 2.45) is 0 Å². The lowest BCUT2D eigenvalue weighted by molar-refractivity contribution is -0.135. The zero-order valence-electron chi connectivity index (χ0n) is 19.7. The first-order valence-electron chi connectivity index (χ1n) is 11.3. The molecule has 2 aromatic heterocycles. The van der Waals surface area contributed by atoms with Crippen LogP contribution in [-0.2, 0) is 23.8 Å². The third kappa shape index (κ3) is 9.47. The van der Waals surface area contributed by atoms with E-state index in [-0.39, 0.29) is 13.4 Å². The van der Waals surface area contributed by atoms with E-state index in [9.17, 15) is 9.59 Å². The van der Waals surface area contributed by atoms with Gasteiger partial charge >= 0.3 is 11.9 Å². The number of carbonyl (C=O) groups is 2. The smallest absolute Gasteiger partial charge is 0.330 e. The molecule has 4 rings (SSSR count). The van der Waals surface area contributed by atoms with Crippen molar-refractivity contribution < 1.29 is 28.9 Å². The highest BCUT2D eigenvalue weighted by atomic mass is 16.5. The number of carboxylic acid groups (broad SMARTS) is 1. The predicted molar refractivity (Wildman–Crippen MR) is 139 cm³/mol. The van der Waals surface area contributed by atoms with Crippen molar-refractivity contribution in [3.63, 3.8) is 0 Å². The van der Waals surface area contributed by atoms with E-state index in [0.717, 1.165) is 81.4 Å². The molecule has 194 valence electrons. The molecule has 2 aliphatic heterocycles. The summed E-state index contributed by atoms with van der Waals surface area (Å²) in [5.41, 5.74) is 1.65. The average molecular weight is 499 g/mol. The second-order valence-electron chi connectivity index (χ2n) is 7.63. The fourth-order valence-corrected chi connectivity index (χ4v) is 3.35. The number of pyridine rings is 2. The van der Waals surface area contributed by atoms with Gasteiger partial charge in [-0.15, -0.1) is 0 Å². The van der Waals surface area contributed by atoms with E-state index in [1.165, 1.54) is 19.3 Å². The fraction of sp³-hybridized carbons (Fsp3) is 0.385. The molecule has 36 heavy (non-hydrogen) atoms. The first-order chi connectivity index (χ1) is 17.0. The highest BCUT2D eigenvalue weighted by Crippen LogP contribution is 2.14. The van der Waals surface area contributed by atoms with Crippen molar-refractivity contribution in [2.45, 2.75) is 7.43 Å². The van der Waals surface area contributed by atoms with E-state index in [1.54, 1.807) is 18.5 Å². The zero-order valence-corrected chi connectivity index (χ0v) is 19.7. The maximum Gasteiger partial charge on any atom is 0.330 e. The number of ether oxygens (including phenoxy) is 3. The lowest BCUT2D eigenvalue weighted by atomic mass is 10.2. The van der Waals surface area contributed by atoms with E-state index in [4.69, 9.17) is 14.6 Å². The second kappa shape index (κ2) is 15.3. The summed E-state index contributed by atoms with van der Waals surface area (Å²) >= 11 is 0. The highest BCUT2D eigenvalue weighted by Gasteiger charge is 2.12. The SMILES string of the molecule is C.COC(=O)/C=C/c1ccc(N2CCOCC2)nc1.O=C(O)/C=C/c1ccc(N2CCOCC2)nc1. The molecule has 2 saturated heterocycles. The van der Waals surface area contributed by atoms with Crippen LogP contribution in [-0.4, -0.2) is 86.7 Å². The Morgan fingerprint density at radius 1 is 0.833 bits per heavy atom. The highest BCUT2D eigenvalue weighted by molar-refractivity contribution is 5.87. The Hall–Kier alpha value is -3.76. The van der Waals surface area contributed by atoms with Crippen molar-refractivity contribution in [3.05, 3.63) is 59.9 Å². The van der Waals surface area contributed by atoms with Crippen LogP contribution in [0.5, 0.6) is 0 Å². The molecule has 10 nitrogen and oxygen atoms in total. The van der Waals surface area contributed by atoms with E-state index in [2.05, 4.69) is 24.5 Å². The minimum Gasteiger partial charge on any atom is -0.478 e. The molecule has 0 unspecified atom stereocenters. The van der Waals surface area contributed by atoms with Crippen LogP contribution in [0.25, 0.3) is 12.2 Å². The molecule has 0 spiro atoms. The Morgan fingerprint density at radius 3 is 1.64 bits per heavy atom. The van der Waals surface area contributed by atoms with Gasteiger partial charge in [0, 0.05) is 50.7 Å². The van der Waals surface area contributed by atoms with Crippen LogP contribution in [0.1, 0.15) is 18.6 Å². The molecule has 1 N–H and O–H groups in total. The normalized spacial score (nSPS) is 15.7. The topological polar surface area (TPSA) is 114 Å². The number of anilines is 2. The van der Waals surface area contributed by atoms with E-state index in [1.807, 2.05) is 24.3 Å². The van der Waals surface area contributed by atoms with Crippen molar-refractivity contribution in [1.29, 1.82) is 0 Å². The Kier molecular flexibility index (Phi) is 12.1. The zero-order chi connectivity index (χ0) is 24.9. The summed E-state index contributed by atoms with van der Waals surface area (Å²) in [4.78, 5) is 34.3. The maximum absolute atomic E-state index is 10.9. The van der Waals surface area contributed by atoms with Crippen LogP contribution in [0.15, 0.2) is 48.8 Å². The number of aromatic nitrogens is 2.